The predicted molar refractivity (Wildman–Crippen MR) is 126 cm³/mol. The van der Waals surface area contributed by atoms with E-state index in [0.717, 1.165) is 22.3 Å². The van der Waals surface area contributed by atoms with Crippen LogP contribution in [0.3, 0.4) is 0 Å². The zero-order valence-electron chi connectivity index (χ0n) is 19.1. The van der Waals surface area contributed by atoms with Crippen LogP contribution in [0, 0.1) is 0 Å². The SMILES string of the molecule is O=C(O)CCC(Cc1ccc(OC(F)(F)F)cc1)NC(=O)OCC1c2ccccc2-c2ccccc21. The zero-order valence-corrected chi connectivity index (χ0v) is 19.1. The highest BCUT2D eigenvalue weighted by molar-refractivity contribution is 5.79. The van der Waals surface area contributed by atoms with Crippen LogP contribution in [0.2, 0.25) is 0 Å². The Hall–Kier alpha value is -4.01. The molecule has 0 bridgehead atoms. The van der Waals surface area contributed by atoms with Gasteiger partial charge in [0, 0.05) is 18.4 Å². The van der Waals surface area contributed by atoms with Gasteiger partial charge in [-0.25, -0.2) is 4.79 Å². The van der Waals surface area contributed by atoms with Gasteiger partial charge in [-0.3, -0.25) is 4.79 Å². The molecule has 1 atom stereocenters. The van der Waals surface area contributed by atoms with Crippen molar-refractivity contribution in [1.29, 1.82) is 0 Å². The van der Waals surface area contributed by atoms with E-state index in [-0.39, 0.29) is 37.5 Å². The molecule has 1 amide bonds. The van der Waals surface area contributed by atoms with Gasteiger partial charge in [-0.2, -0.15) is 0 Å². The quantitative estimate of drug-likeness (QED) is 0.383. The first kappa shape index (κ1) is 25.1. The zero-order chi connectivity index (χ0) is 25.7. The number of ether oxygens (including phenoxy) is 2. The molecule has 4 rings (SSSR count). The second-order valence-electron chi connectivity index (χ2n) is 8.50. The molecule has 0 saturated carbocycles. The van der Waals surface area contributed by atoms with E-state index in [0.29, 0.717) is 5.56 Å². The maximum Gasteiger partial charge on any atom is 0.573 e. The molecule has 188 valence electrons. The summed E-state index contributed by atoms with van der Waals surface area (Å²) in [5.41, 5.74) is 4.93. The van der Waals surface area contributed by atoms with Gasteiger partial charge in [0.2, 0.25) is 0 Å². The van der Waals surface area contributed by atoms with Crippen LogP contribution < -0.4 is 10.1 Å². The monoisotopic (exact) mass is 499 g/mol. The molecule has 3 aromatic carbocycles. The van der Waals surface area contributed by atoms with E-state index in [1.54, 1.807) is 0 Å². The Morgan fingerprint density at radius 1 is 0.917 bits per heavy atom. The molecule has 1 unspecified atom stereocenters. The average Bonchev–Trinajstić information content (AvgIpc) is 3.15. The van der Waals surface area contributed by atoms with Crippen molar-refractivity contribution in [2.45, 2.75) is 37.6 Å². The molecule has 0 fully saturated rings. The fourth-order valence-corrected chi connectivity index (χ4v) is 4.44. The number of carbonyl (C=O) groups is 2. The molecule has 0 spiro atoms. The minimum Gasteiger partial charge on any atom is -0.481 e. The Morgan fingerprint density at radius 3 is 2.06 bits per heavy atom. The summed E-state index contributed by atoms with van der Waals surface area (Å²) < 4.78 is 46.6. The van der Waals surface area contributed by atoms with E-state index < -0.39 is 24.5 Å². The molecule has 2 N–H and O–H groups in total. The van der Waals surface area contributed by atoms with Crippen molar-refractivity contribution >= 4 is 12.1 Å². The number of rotatable bonds is 9. The summed E-state index contributed by atoms with van der Waals surface area (Å²) in [6.45, 7) is 0.106. The van der Waals surface area contributed by atoms with Gasteiger partial charge in [0.25, 0.3) is 0 Å². The van der Waals surface area contributed by atoms with E-state index in [9.17, 15) is 22.8 Å². The van der Waals surface area contributed by atoms with Crippen LogP contribution in [-0.4, -0.2) is 36.2 Å². The Kier molecular flexibility index (Phi) is 7.47. The number of alkyl carbamates (subject to hydrolysis) is 1. The number of carboxylic acid groups (broad SMARTS) is 1. The Labute approximate surface area is 205 Å². The molecule has 6 nitrogen and oxygen atoms in total. The van der Waals surface area contributed by atoms with Gasteiger partial charge in [-0.15, -0.1) is 13.2 Å². The molecule has 9 heteroatoms. The van der Waals surface area contributed by atoms with Crippen molar-refractivity contribution in [3.8, 4) is 16.9 Å². The van der Waals surface area contributed by atoms with Crippen molar-refractivity contribution in [1.82, 2.24) is 5.32 Å². The molecule has 0 radical (unpaired) electrons. The van der Waals surface area contributed by atoms with Crippen LogP contribution in [0.4, 0.5) is 18.0 Å². The fourth-order valence-electron chi connectivity index (χ4n) is 4.44. The number of hydrogen-bond donors (Lipinski definition) is 2. The first-order chi connectivity index (χ1) is 17.2. The second kappa shape index (κ2) is 10.7. The van der Waals surface area contributed by atoms with Crippen molar-refractivity contribution in [2.75, 3.05) is 6.61 Å². The molecular formula is C27H24F3NO5. The van der Waals surface area contributed by atoms with E-state index in [2.05, 4.69) is 10.1 Å². The number of hydrogen-bond acceptors (Lipinski definition) is 4. The van der Waals surface area contributed by atoms with Gasteiger partial charge < -0.3 is 19.9 Å². The summed E-state index contributed by atoms with van der Waals surface area (Å²) >= 11 is 0. The number of carbonyl (C=O) groups excluding carboxylic acids is 1. The minimum atomic E-state index is -4.79. The lowest BCUT2D eigenvalue weighted by atomic mass is 9.98. The highest BCUT2D eigenvalue weighted by atomic mass is 19.4. The number of alkyl halides is 3. The molecule has 3 aromatic rings. The molecule has 0 saturated heterocycles. The summed E-state index contributed by atoms with van der Waals surface area (Å²) in [6, 6.07) is 20.5. The second-order valence-corrected chi connectivity index (χ2v) is 8.50. The van der Waals surface area contributed by atoms with E-state index in [1.807, 2.05) is 48.5 Å². The average molecular weight is 499 g/mol. The van der Waals surface area contributed by atoms with Crippen molar-refractivity contribution in [3.63, 3.8) is 0 Å². The van der Waals surface area contributed by atoms with Crippen molar-refractivity contribution in [3.05, 3.63) is 89.5 Å². The van der Waals surface area contributed by atoms with Crippen LogP contribution >= 0.6 is 0 Å². The first-order valence-corrected chi connectivity index (χ1v) is 11.4. The number of aliphatic carboxylic acids is 1. The molecule has 1 aliphatic carbocycles. The van der Waals surface area contributed by atoms with Crippen LogP contribution in [0.1, 0.15) is 35.4 Å². The van der Waals surface area contributed by atoms with Gasteiger partial charge in [0.1, 0.15) is 12.4 Å². The molecular weight excluding hydrogens is 475 g/mol. The summed E-state index contributed by atoms with van der Waals surface area (Å²) in [5, 5.41) is 11.8. The lowest BCUT2D eigenvalue weighted by molar-refractivity contribution is -0.274. The van der Waals surface area contributed by atoms with Crippen LogP contribution in [0.5, 0.6) is 5.75 Å². The maximum absolute atomic E-state index is 12.7. The molecule has 0 aromatic heterocycles. The maximum atomic E-state index is 12.7. The molecule has 0 heterocycles. The summed E-state index contributed by atoms with van der Waals surface area (Å²) in [6.07, 6.45) is -5.34. The lowest BCUT2D eigenvalue weighted by Crippen LogP contribution is -2.37. The predicted octanol–water partition coefficient (Wildman–Crippen LogP) is 5.90. The summed E-state index contributed by atoms with van der Waals surface area (Å²) in [4.78, 5) is 23.7. The summed E-state index contributed by atoms with van der Waals surface area (Å²) in [7, 11) is 0. The number of amides is 1. The van der Waals surface area contributed by atoms with Gasteiger partial charge >= 0.3 is 18.4 Å². The number of fused-ring (bicyclic) bond motifs is 3. The highest BCUT2D eigenvalue weighted by Crippen LogP contribution is 2.44. The van der Waals surface area contributed by atoms with Gasteiger partial charge in [0.15, 0.2) is 0 Å². The van der Waals surface area contributed by atoms with Crippen LogP contribution in [-0.2, 0) is 16.0 Å². The smallest absolute Gasteiger partial charge is 0.481 e. The molecule has 36 heavy (non-hydrogen) atoms. The number of carboxylic acids is 1. The first-order valence-electron chi connectivity index (χ1n) is 11.4. The van der Waals surface area contributed by atoms with Crippen molar-refractivity contribution in [2.24, 2.45) is 0 Å². The fraction of sp³-hybridized carbons (Fsp3) is 0.259. The Balaban J connectivity index is 1.39. The summed E-state index contributed by atoms with van der Waals surface area (Å²) in [5.74, 6) is -1.51. The Bertz CT molecular complexity index is 1180. The standard InChI is InChI=1S/C27H24F3NO5/c28-27(29,30)36-19-12-9-17(10-13-19)15-18(11-14-25(32)33)31-26(34)35-16-24-22-7-3-1-5-20(22)21-6-2-4-8-23(21)24/h1-10,12-13,18,24H,11,14-16H2,(H,31,34)(H,32,33). The highest BCUT2D eigenvalue weighted by Gasteiger charge is 2.31. The largest absolute Gasteiger partial charge is 0.573 e. The number of benzene rings is 3. The normalized spacial score (nSPS) is 13.4. The minimum absolute atomic E-state index is 0.106. The lowest BCUT2D eigenvalue weighted by Gasteiger charge is -2.20. The third kappa shape index (κ3) is 6.35. The van der Waals surface area contributed by atoms with E-state index in [1.165, 1.54) is 24.3 Å². The van der Waals surface area contributed by atoms with Gasteiger partial charge in [-0.05, 0) is 52.8 Å². The van der Waals surface area contributed by atoms with Crippen LogP contribution in [0.15, 0.2) is 72.8 Å². The number of nitrogens with one attached hydrogen (secondary N) is 1. The van der Waals surface area contributed by atoms with Crippen molar-refractivity contribution < 1.29 is 37.3 Å². The third-order valence-electron chi connectivity index (χ3n) is 6.01. The molecule has 0 aliphatic heterocycles. The van der Waals surface area contributed by atoms with E-state index >= 15 is 0 Å². The van der Waals surface area contributed by atoms with Gasteiger partial charge in [-0.1, -0.05) is 60.7 Å². The topological polar surface area (TPSA) is 84.9 Å². The third-order valence-corrected chi connectivity index (χ3v) is 6.01. The van der Waals surface area contributed by atoms with Gasteiger partial charge in [0.05, 0.1) is 0 Å². The molecule has 1 aliphatic rings. The van der Waals surface area contributed by atoms with E-state index in [4.69, 9.17) is 9.84 Å². The Morgan fingerprint density at radius 2 is 1.50 bits per heavy atom. The van der Waals surface area contributed by atoms with Crippen LogP contribution in [0.25, 0.3) is 11.1 Å². The number of halogens is 3.